The lowest BCUT2D eigenvalue weighted by molar-refractivity contribution is 0.0769. The summed E-state index contributed by atoms with van der Waals surface area (Å²) in [6.07, 6.45) is 3.32. The number of aromatic nitrogens is 1. The van der Waals surface area contributed by atoms with E-state index in [4.69, 9.17) is 0 Å². The standard InChI is InChI=1S/C10H12F2N2O/c11-6-10(2-1-3-10)14-9(15)8-4-7(12)5-13-8/h4-5,13H,1-3,6H2,(H,14,15). The van der Waals surface area contributed by atoms with Crippen molar-refractivity contribution in [1.29, 1.82) is 0 Å². The molecule has 1 saturated carbocycles. The minimum Gasteiger partial charge on any atom is -0.355 e. The van der Waals surface area contributed by atoms with E-state index in [9.17, 15) is 13.6 Å². The van der Waals surface area contributed by atoms with Crippen LogP contribution in [0.2, 0.25) is 0 Å². The van der Waals surface area contributed by atoms with Crippen molar-refractivity contribution in [2.45, 2.75) is 24.8 Å². The lowest BCUT2D eigenvalue weighted by atomic mass is 9.78. The molecule has 1 aromatic rings. The van der Waals surface area contributed by atoms with Gasteiger partial charge in [-0.3, -0.25) is 4.79 Å². The average molecular weight is 214 g/mol. The lowest BCUT2D eigenvalue weighted by Gasteiger charge is -2.39. The summed E-state index contributed by atoms with van der Waals surface area (Å²) in [7, 11) is 0. The van der Waals surface area contributed by atoms with E-state index in [2.05, 4.69) is 10.3 Å². The highest BCUT2D eigenvalue weighted by Crippen LogP contribution is 2.32. The summed E-state index contributed by atoms with van der Waals surface area (Å²) in [5.41, 5.74) is -0.578. The zero-order valence-electron chi connectivity index (χ0n) is 8.15. The van der Waals surface area contributed by atoms with Gasteiger partial charge in [0.2, 0.25) is 0 Å². The van der Waals surface area contributed by atoms with Gasteiger partial charge in [0.1, 0.15) is 18.2 Å². The van der Waals surface area contributed by atoms with Crippen molar-refractivity contribution in [2.24, 2.45) is 0 Å². The van der Waals surface area contributed by atoms with E-state index in [1.165, 1.54) is 0 Å². The summed E-state index contributed by atoms with van der Waals surface area (Å²) in [5.74, 6) is -0.945. The number of halogens is 2. The lowest BCUT2D eigenvalue weighted by Crippen LogP contribution is -2.55. The third-order valence-corrected chi connectivity index (χ3v) is 2.84. The van der Waals surface area contributed by atoms with Crippen LogP contribution in [-0.2, 0) is 0 Å². The second-order valence-electron chi connectivity index (χ2n) is 3.95. The molecule has 1 fully saturated rings. The summed E-state index contributed by atoms with van der Waals surface area (Å²) in [6.45, 7) is -0.568. The first-order valence-corrected chi connectivity index (χ1v) is 4.88. The summed E-state index contributed by atoms with van der Waals surface area (Å²) in [6, 6.07) is 1.10. The van der Waals surface area contributed by atoms with E-state index in [1.54, 1.807) is 0 Å². The Morgan fingerprint density at radius 3 is 2.73 bits per heavy atom. The van der Waals surface area contributed by atoms with Crippen molar-refractivity contribution < 1.29 is 13.6 Å². The highest BCUT2D eigenvalue weighted by molar-refractivity contribution is 5.93. The fraction of sp³-hybridized carbons (Fsp3) is 0.500. The number of rotatable bonds is 3. The van der Waals surface area contributed by atoms with Crippen molar-refractivity contribution in [2.75, 3.05) is 6.67 Å². The molecule has 0 atom stereocenters. The number of carbonyl (C=O) groups is 1. The minimum atomic E-state index is -0.710. The zero-order valence-corrected chi connectivity index (χ0v) is 8.15. The molecular weight excluding hydrogens is 202 g/mol. The molecule has 1 aromatic heterocycles. The molecule has 15 heavy (non-hydrogen) atoms. The van der Waals surface area contributed by atoms with Crippen molar-refractivity contribution in [3.8, 4) is 0 Å². The van der Waals surface area contributed by atoms with Gasteiger partial charge in [-0.05, 0) is 19.3 Å². The first kappa shape index (κ1) is 10.1. The van der Waals surface area contributed by atoms with E-state index in [-0.39, 0.29) is 5.69 Å². The monoisotopic (exact) mass is 214 g/mol. The van der Waals surface area contributed by atoms with Crippen LogP contribution < -0.4 is 5.32 Å². The highest BCUT2D eigenvalue weighted by Gasteiger charge is 2.38. The Labute approximate surface area is 85.9 Å². The highest BCUT2D eigenvalue weighted by atomic mass is 19.1. The summed E-state index contributed by atoms with van der Waals surface area (Å²) in [5, 5.41) is 2.60. The Kier molecular flexibility index (Phi) is 2.46. The normalized spacial score (nSPS) is 18.3. The van der Waals surface area contributed by atoms with Crippen molar-refractivity contribution >= 4 is 5.91 Å². The van der Waals surface area contributed by atoms with E-state index in [1.807, 2.05) is 0 Å². The quantitative estimate of drug-likeness (QED) is 0.791. The second kappa shape index (κ2) is 3.64. The Bertz CT molecular complexity index is 366. The van der Waals surface area contributed by atoms with E-state index in [0.29, 0.717) is 12.8 Å². The van der Waals surface area contributed by atoms with Crippen LogP contribution in [-0.4, -0.2) is 23.1 Å². The number of amides is 1. The SMILES string of the molecule is O=C(NC1(CF)CCC1)c1cc(F)c[nH]1. The van der Waals surface area contributed by atoms with Crippen molar-refractivity contribution in [3.63, 3.8) is 0 Å². The van der Waals surface area contributed by atoms with Crippen LogP contribution >= 0.6 is 0 Å². The van der Waals surface area contributed by atoms with E-state index < -0.39 is 23.9 Å². The molecule has 0 aliphatic heterocycles. The predicted molar refractivity (Wildman–Crippen MR) is 50.8 cm³/mol. The van der Waals surface area contributed by atoms with E-state index in [0.717, 1.165) is 18.7 Å². The maximum Gasteiger partial charge on any atom is 0.268 e. The Balaban J connectivity index is 2.03. The molecule has 1 aliphatic rings. The largest absolute Gasteiger partial charge is 0.355 e. The number of hydrogen-bond donors (Lipinski definition) is 2. The van der Waals surface area contributed by atoms with Gasteiger partial charge in [-0.2, -0.15) is 0 Å². The third-order valence-electron chi connectivity index (χ3n) is 2.84. The summed E-state index contributed by atoms with van der Waals surface area (Å²) >= 11 is 0. The van der Waals surface area contributed by atoms with E-state index >= 15 is 0 Å². The van der Waals surface area contributed by atoms with Gasteiger partial charge in [0.15, 0.2) is 0 Å². The number of carbonyl (C=O) groups excluding carboxylic acids is 1. The maximum atomic E-state index is 12.7. The molecule has 0 aromatic carbocycles. The van der Waals surface area contributed by atoms with Gasteiger partial charge >= 0.3 is 0 Å². The Morgan fingerprint density at radius 2 is 2.33 bits per heavy atom. The first-order chi connectivity index (χ1) is 7.15. The molecule has 0 bridgehead atoms. The molecule has 82 valence electrons. The molecule has 1 aliphatic carbocycles. The van der Waals surface area contributed by atoms with Crippen LogP contribution in [0.4, 0.5) is 8.78 Å². The van der Waals surface area contributed by atoms with Crippen molar-refractivity contribution in [1.82, 2.24) is 10.3 Å². The van der Waals surface area contributed by atoms with Gasteiger partial charge in [-0.1, -0.05) is 0 Å². The van der Waals surface area contributed by atoms with Gasteiger partial charge in [-0.25, -0.2) is 8.78 Å². The second-order valence-corrected chi connectivity index (χ2v) is 3.95. The molecule has 2 rings (SSSR count). The topological polar surface area (TPSA) is 44.9 Å². The smallest absolute Gasteiger partial charge is 0.268 e. The van der Waals surface area contributed by atoms with Gasteiger partial charge in [-0.15, -0.1) is 0 Å². The van der Waals surface area contributed by atoms with Crippen molar-refractivity contribution in [3.05, 3.63) is 23.8 Å². The molecule has 1 amide bonds. The Morgan fingerprint density at radius 1 is 1.60 bits per heavy atom. The molecule has 5 heteroatoms. The molecule has 3 nitrogen and oxygen atoms in total. The maximum absolute atomic E-state index is 12.7. The molecule has 2 N–H and O–H groups in total. The van der Waals surface area contributed by atoms with Crippen LogP contribution in [0.5, 0.6) is 0 Å². The summed E-state index contributed by atoms with van der Waals surface area (Å²) in [4.78, 5) is 14.0. The molecular formula is C10H12F2N2O. The van der Waals surface area contributed by atoms with Gasteiger partial charge in [0.05, 0.1) is 5.54 Å². The van der Waals surface area contributed by atoms with Crippen LogP contribution in [0.15, 0.2) is 12.3 Å². The molecule has 0 unspecified atom stereocenters. The third kappa shape index (κ3) is 1.86. The fourth-order valence-electron chi connectivity index (χ4n) is 1.70. The Hall–Kier alpha value is -1.39. The number of H-pyrrole nitrogens is 1. The molecule has 1 heterocycles. The molecule has 0 saturated heterocycles. The fourth-order valence-corrected chi connectivity index (χ4v) is 1.70. The van der Waals surface area contributed by atoms with Crippen LogP contribution in [0, 0.1) is 5.82 Å². The first-order valence-electron chi connectivity index (χ1n) is 4.88. The number of aromatic amines is 1. The molecule has 0 spiro atoms. The number of alkyl halides is 1. The average Bonchev–Trinajstić information content (AvgIpc) is 2.58. The van der Waals surface area contributed by atoms with Crippen LogP contribution in [0.1, 0.15) is 29.8 Å². The zero-order chi connectivity index (χ0) is 10.9. The van der Waals surface area contributed by atoms with Gasteiger partial charge < -0.3 is 10.3 Å². The minimum absolute atomic E-state index is 0.132. The summed E-state index contributed by atoms with van der Waals surface area (Å²) < 4.78 is 25.3. The number of hydrogen-bond acceptors (Lipinski definition) is 1. The number of nitrogens with one attached hydrogen (secondary N) is 2. The van der Waals surface area contributed by atoms with Crippen LogP contribution in [0.25, 0.3) is 0 Å². The van der Waals surface area contributed by atoms with Gasteiger partial charge in [0, 0.05) is 12.3 Å². The van der Waals surface area contributed by atoms with Crippen LogP contribution in [0.3, 0.4) is 0 Å². The molecule has 0 radical (unpaired) electrons. The predicted octanol–water partition coefficient (Wildman–Crippen LogP) is 1.78. The van der Waals surface area contributed by atoms with Gasteiger partial charge in [0.25, 0.3) is 5.91 Å².